The summed E-state index contributed by atoms with van der Waals surface area (Å²) < 4.78 is 0. The molecule has 0 aliphatic carbocycles. The van der Waals surface area contributed by atoms with E-state index in [2.05, 4.69) is 34.3 Å². The number of fused-ring (bicyclic) bond motifs is 1. The van der Waals surface area contributed by atoms with Gasteiger partial charge in [-0.2, -0.15) is 5.10 Å². The van der Waals surface area contributed by atoms with E-state index in [1.54, 1.807) is 0 Å². The van der Waals surface area contributed by atoms with Crippen LogP contribution in [0.25, 0.3) is 10.9 Å². The number of aryl methyl sites for hydroxylation is 1. The number of aromatic amines is 1. The second-order valence-electron chi connectivity index (χ2n) is 9.31. The number of benzene rings is 2. The molecule has 3 aromatic rings. The second-order valence-corrected chi connectivity index (χ2v) is 9.31. The fraction of sp³-hybridized carbons (Fsp3) is 0.423. The lowest BCUT2D eigenvalue weighted by molar-refractivity contribution is -0.117. The van der Waals surface area contributed by atoms with Crippen molar-refractivity contribution < 1.29 is 9.59 Å². The summed E-state index contributed by atoms with van der Waals surface area (Å²) in [7, 11) is 0. The molecule has 2 heterocycles. The number of piperidine rings is 1. The van der Waals surface area contributed by atoms with E-state index in [4.69, 9.17) is 0 Å². The first kappa shape index (κ1) is 25.7. The first-order chi connectivity index (χ1) is 15.9. The van der Waals surface area contributed by atoms with E-state index in [9.17, 15) is 9.59 Å². The molecule has 0 unspecified atom stereocenters. The van der Waals surface area contributed by atoms with Crippen LogP contribution >= 0.6 is 12.4 Å². The van der Waals surface area contributed by atoms with Crippen LogP contribution in [-0.2, 0) is 4.79 Å². The molecule has 0 spiro atoms. The molecule has 2 N–H and O–H groups in total. The molecule has 0 saturated carbocycles. The topological polar surface area (TPSA) is 81.3 Å². The summed E-state index contributed by atoms with van der Waals surface area (Å²) in [6.45, 7) is 8.96. The van der Waals surface area contributed by atoms with Crippen LogP contribution in [0.2, 0.25) is 0 Å². The van der Waals surface area contributed by atoms with Crippen molar-refractivity contribution in [3.63, 3.8) is 0 Å². The SMILES string of the molecule is Cc1ccc2[nH]nc(C(=O)N(CC3CCN(CC(=O)Nc4ccccc4)CC3)C(C)C)c2c1.Cl. The van der Waals surface area contributed by atoms with Gasteiger partial charge in [-0.3, -0.25) is 19.6 Å². The number of anilines is 1. The number of amides is 2. The Morgan fingerprint density at radius 1 is 1.15 bits per heavy atom. The maximum absolute atomic E-state index is 13.4. The maximum atomic E-state index is 13.4. The number of nitrogens with zero attached hydrogens (tertiary/aromatic N) is 3. The Morgan fingerprint density at radius 3 is 2.53 bits per heavy atom. The summed E-state index contributed by atoms with van der Waals surface area (Å²) in [5.41, 5.74) is 3.31. The van der Waals surface area contributed by atoms with Gasteiger partial charge in [0.05, 0.1) is 12.1 Å². The zero-order valence-corrected chi connectivity index (χ0v) is 20.9. The van der Waals surface area contributed by atoms with Crippen molar-refractivity contribution in [3.05, 3.63) is 59.8 Å². The van der Waals surface area contributed by atoms with Gasteiger partial charge < -0.3 is 10.2 Å². The van der Waals surface area contributed by atoms with Crippen LogP contribution in [0.5, 0.6) is 0 Å². The summed E-state index contributed by atoms with van der Waals surface area (Å²) in [6.07, 6.45) is 1.94. The Bertz CT molecular complexity index is 1110. The van der Waals surface area contributed by atoms with E-state index < -0.39 is 0 Å². The predicted molar refractivity (Wildman–Crippen MR) is 138 cm³/mol. The quantitative estimate of drug-likeness (QED) is 0.518. The molecule has 7 nitrogen and oxygen atoms in total. The molecular weight excluding hydrogens is 450 g/mol. The highest BCUT2D eigenvalue weighted by Crippen LogP contribution is 2.23. The van der Waals surface area contributed by atoms with Crippen LogP contribution < -0.4 is 5.32 Å². The first-order valence-electron chi connectivity index (χ1n) is 11.7. The van der Waals surface area contributed by atoms with Crippen LogP contribution in [0.3, 0.4) is 0 Å². The van der Waals surface area contributed by atoms with Crippen molar-refractivity contribution >= 4 is 40.8 Å². The number of para-hydroxylation sites is 1. The molecule has 0 atom stereocenters. The van der Waals surface area contributed by atoms with Crippen molar-refractivity contribution in [1.82, 2.24) is 20.0 Å². The molecule has 1 saturated heterocycles. The zero-order chi connectivity index (χ0) is 23.4. The molecule has 1 aliphatic heterocycles. The van der Waals surface area contributed by atoms with Crippen LogP contribution in [0, 0.1) is 12.8 Å². The van der Waals surface area contributed by atoms with Gasteiger partial charge in [0.1, 0.15) is 0 Å². The lowest BCUT2D eigenvalue weighted by Crippen LogP contribution is -2.45. The van der Waals surface area contributed by atoms with E-state index >= 15 is 0 Å². The molecule has 4 rings (SSSR count). The molecule has 1 fully saturated rings. The van der Waals surface area contributed by atoms with E-state index in [-0.39, 0.29) is 30.3 Å². The largest absolute Gasteiger partial charge is 0.335 e. The van der Waals surface area contributed by atoms with Crippen LogP contribution in [0.4, 0.5) is 5.69 Å². The Morgan fingerprint density at radius 2 is 1.85 bits per heavy atom. The fourth-order valence-electron chi connectivity index (χ4n) is 4.49. The number of H-pyrrole nitrogens is 1. The average Bonchev–Trinajstić information content (AvgIpc) is 3.21. The van der Waals surface area contributed by atoms with E-state index in [1.165, 1.54) is 0 Å². The fourth-order valence-corrected chi connectivity index (χ4v) is 4.49. The lowest BCUT2D eigenvalue weighted by atomic mass is 9.95. The monoisotopic (exact) mass is 483 g/mol. The number of halogens is 1. The average molecular weight is 484 g/mol. The molecule has 34 heavy (non-hydrogen) atoms. The highest BCUT2D eigenvalue weighted by atomic mass is 35.5. The molecule has 2 amide bonds. The summed E-state index contributed by atoms with van der Waals surface area (Å²) in [4.78, 5) is 29.9. The number of aromatic nitrogens is 2. The molecule has 2 aromatic carbocycles. The molecule has 8 heteroatoms. The van der Waals surface area contributed by atoms with Crippen molar-refractivity contribution in [1.29, 1.82) is 0 Å². The smallest absolute Gasteiger partial charge is 0.275 e. The van der Waals surface area contributed by atoms with Gasteiger partial charge in [0.15, 0.2) is 5.69 Å². The van der Waals surface area contributed by atoms with Crippen molar-refractivity contribution in [2.24, 2.45) is 5.92 Å². The number of carbonyl (C=O) groups excluding carboxylic acids is 2. The third-order valence-corrected chi connectivity index (χ3v) is 6.39. The Balaban J connectivity index is 0.00000324. The zero-order valence-electron chi connectivity index (χ0n) is 20.1. The van der Waals surface area contributed by atoms with E-state index in [0.717, 1.165) is 48.1 Å². The maximum Gasteiger partial charge on any atom is 0.275 e. The van der Waals surface area contributed by atoms with Gasteiger partial charge in [0.2, 0.25) is 5.91 Å². The Hall–Kier alpha value is -2.90. The van der Waals surface area contributed by atoms with Crippen molar-refractivity contribution in [3.8, 4) is 0 Å². The normalized spacial score (nSPS) is 14.7. The minimum Gasteiger partial charge on any atom is -0.335 e. The van der Waals surface area contributed by atoms with E-state index in [1.807, 2.05) is 60.4 Å². The van der Waals surface area contributed by atoms with E-state index in [0.29, 0.717) is 24.7 Å². The van der Waals surface area contributed by atoms with Crippen molar-refractivity contribution in [2.75, 3.05) is 31.5 Å². The molecule has 1 aromatic heterocycles. The summed E-state index contributed by atoms with van der Waals surface area (Å²) in [6, 6.07) is 15.6. The van der Waals surface area contributed by atoms with Crippen LogP contribution in [-0.4, -0.2) is 64.0 Å². The number of likely N-dealkylation sites (tertiary alicyclic amines) is 1. The molecular formula is C26H34ClN5O2. The second kappa shape index (κ2) is 11.5. The number of rotatable bonds is 7. The van der Waals surface area contributed by atoms with Crippen molar-refractivity contribution in [2.45, 2.75) is 39.7 Å². The first-order valence-corrected chi connectivity index (χ1v) is 11.7. The van der Waals surface area contributed by atoms with Gasteiger partial charge in [0.25, 0.3) is 5.91 Å². The lowest BCUT2D eigenvalue weighted by Gasteiger charge is -2.36. The number of nitrogens with one attached hydrogen (secondary N) is 2. The van der Waals surface area contributed by atoms with Crippen LogP contribution in [0.15, 0.2) is 48.5 Å². The Kier molecular flexibility index (Phi) is 8.69. The van der Waals surface area contributed by atoms with Gasteiger partial charge in [-0.25, -0.2) is 0 Å². The molecule has 0 radical (unpaired) electrons. The summed E-state index contributed by atoms with van der Waals surface area (Å²) in [5, 5.41) is 11.2. The molecule has 0 bridgehead atoms. The van der Waals surface area contributed by atoms with Gasteiger partial charge >= 0.3 is 0 Å². The number of carbonyl (C=O) groups is 2. The minimum atomic E-state index is -0.0217. The third-order valence-electron chi connectivity index (χ3n) is 6.39. The third kappa shape index (κ3) is 6.15. The summed E-state index contributed by atoms with van der Waals surface area (Å²) in [5.74, 6) is 0.405. The van der Waals surface area contributed by atoms with Gasteiger partial charge in [0, 0.05) is 23.7 Å². The van der Waals surface area contributed by atoms with Crippen LogP contribution in [0.1, 0.15) is 42.7 Å². The number of hydrogen-bond donors (Lipinski definition) is 2. The molecule has 1 aliphatic rings. The minimum absolute atomic E-state index is 0. The van der Waals surface area contributed by atoms with Gasteiger partial charge in [-0.15, -0.1) is 12.4 Å². The highest BCUT2D eigenvalue weighted by Gasteiger charge is 2.28. The summed E-state index contributed by atoms with van der Waals surface area (Å²) >= 11 is 0. The van der Waals surface area contributed by atoms with Gasteiger partial charge in [-0.05, 0) is 76.9 Å². The Labute approximate surface area is 207 Å². The standard InChI is InChI=1S/C26H33N5O2.ClH/c1-18(2)31(26(33)25-22-15-19(3)9-10-23(22)28-29-25)16-20-11-13-30(14-12-20)17-24(32)27-21-7-5-4-6-8-21;/h4-10,15,18,20H,11-14,16-17H2,1-3H3,(H,27,32)(H,28,29);1H. The van der Waals surface area contributed by atoms with Gasteiger partial charge in [-0.1, -0.05) is 29.8 Å². The highest BCUT2D eigenvalue weighted by molar-refractivity contribution is 6.04. The molecule has 182 valence electrons. The predicted octanol–water partition coefficient (Wildman–Crippen LogP) is 4.49. The number of hydrogen-bond acceptors (Lipinski definition) is 4.